The molecule has 46 heavy (non-hydrogen) atoms. The lowest BCUT2D eigenvalue weighted by atomic mass is 9.87. The normalized spacial score (nSPS) is 13.3. The number of aryl methyl sites for hydroxylation is 4. The van der Waals surface area contributed by atoms with Gasteiger partial charge in [-0.3, -0.25) is 0 Å². The average Bonchev–Trinajstić information content (AvgIpc) is 3.38. The van der Waals surface area contributed by atoms with Crippen LogP contribution in [0.15, 0.2) is 35.9 Å². The van der Waals surface area contributed by atoms with Gasteiger partial charge in [-0.05, 0) is 128 Å². The topological polar surface area (TPSA) is 25.3 Å². The van der Waals surface area contributed by atoms with Crippen LogP contribution in [0.25, 0.3) is 16.9 Å². The van der Waals surface area contributed by atoms with Crippen molar-refractivity contribution < 1.29 is 4.70 Å². The third-order valence-electron chi connectivity index (χ3n) is 9.96. The van der Waals surface area contributed by atoms with Crippen molar-refractivity contribution in [3.63, 3.8) is 0 Å². The highest BCUT2D eigenvalue weighted by Crippen LogP contribution is 2.40. The van der Waals surface area contributed by atoms with E-state index in [1.54, 1.807) is 15.8 Å². The maximum atomic E-state index is 12.2. The minimum Gasteiger partial charge on any atom is -0.493 e. The van der Waals surface area contributed by atoms with Gasteiger partial charge in [0.2, 0.25) is 11.4 Å². The molecule has 2 heteroatoms. The van der Waals surface area contributed by atoms with Gasteiger partial charge in [-0.15, -0.1) is 0 Å². The third kappa shape index (κ3) is 10.3. The van der Waals surface area contributed by atoms with Crippen molar-refractivity contribution >= 4 is 11.4 Å². The molecular weight excluding hydrogens is 556 g/mol. The second kappa shape index (κ2) is 20.7. The summed E-state index contributed by atoms with van der Waals surface area (Å²) in [4.78, 5) is 0. The molecule has 1 aliphatic heterocycles. The van der Waals surface area contributed by atoms with Crippen molar-refractivity contribution in [3.05, 3.63) is 86.0 Å². The summed E-state index contributed by atoms with van der Waals surface area (Å²) in [6, 6.07) is 9.78. The zero-order valence-electron chi connectivity index (χ0n) is 31.1. The predicted octanol–water partition coefficient (Wildman–Crippen LogP) is 13.7. The molecule has 0 amide bonds. The smallest absolute Gasteiger partial charge is 0.210 e. The average molecular weight is 625 g/mol. The predicted molar refractivity (Wildman–Crippen MR) is 203 cm³/mol. The highest BCUT2D eigenvalue weighted by Gasteiger charge is 2.30. The van der Waals surface area contributed by atoms with Crippen molar-refractivity contribution in [2.24, 2.45) is 0 Å². The van der Waals surface area contributed by atoms with Crippen molar-refractivity contribution in [2.75, 3.05) is 0 Å². The maximum Gasteiger partial charge on any atom is 0.210 e. The fourth-order valence-electron chi connectivity index (χ4n) is 7.51. The number of rotatable bonds is 23. The van der Waals surface area contributed by atoms with Gasteiger partial charge in [0, 0.05) is 22.8 Å². The van der Waals surface area contributed by atoms with E-state index in [4.69, 9.17) is 0 Å². The molecule has 2 nitrogen and oxygen atoms in total. The fourth-order valence-corrected chi connectivity index (χ4v) is 7.51. The van der Waals surface area contributed by atoms with Gasteiger partial charge in [-0.1, -0.05) is 113 Å². The van der Waals surface area contributed by atoms with Crippen LogP contribution in [-0.2, 0) is 38.5 Å². The van der Waals surface area contributed by atoms with Crippen LogP contribution in [0.4, 0.5) is 0 Å². The van der Waals surface area contributed by atoms with Gasteiger partial charge in [-0.25, -0.2) is 4.70 Å². The van der Waals surface area contributed by atoms with E-state index in [1.165, 1.54) is 110 Å². The summed E-state index contributed by atoms with van der Waals surface area (Å²) in [6.07, 6.45) is 27.3. The van der Waals surface area contributed by atoms with E-state index < -0.39 is 0 Å². The molecule has 0 bridgehead atoms. The molecule has 254 valence electrons. The van der Waals surface area contributed by atoms with Gasteiger partial charge in [-0.2, -0.15) is 0 Å². The quantitative estimate of drug-likeness (QED) is 0.0868. The molecule has 1 aliphatic rings. The molecule has 0 saturated carbocycles. The summed E-state index contributed by atoms with van der Waals surface area (Å²) in [6.45, 7) is 16.1. The van der Waals surface area contributed by atoms with Crippen LogP contribution in [0.5, 0.6) is 0 Å². The Bertz CT molecular complexity index is 1250. The maximum absolute atomic E-state index is 12.2. The first-order valence-electron chi connectivity index (χ1n) is 19.7. The van der Waals surface area contributed by atoms with Crippen LogP contribution in [0.3, 0.4) is 0 Å². The van der Waals surface area contributed by atoms with Crippen LogP contribution in [0, 0.1) is 0 Å². The Labute approximate surface area is 284 Å². The lowest BCUT2D eigenvalue weighted by Gasteiger charge is -2.20. The first-order valence-corrected chi connectivity index (χ1v) is 19.7. The van der Waals surface area contributed by atoms with E-state index in [1.807, 2.05) is 0 Å². The summed E-state index contributed by atoms with van der Waals surface area (Å²) in [5, 5.41) is 0. The van der Waals surface area contributed by atoms with Crippen molar-refractivity contribution in [3.8, 4) is 0 Å². The molecule has 0 saturated heterocycles. The van der Waals surface area contributed by atoms with Gasteiger partial charge in [0.1, 0.15) is 0 Å². The number of unbranched alkanes of at least 4 members (excludes halogenated alkanes) is 7. The molecule has 1 heterocycles. The zero-order chi connectivity index (χ0) is 33.3. The van der Waals surface area contributed by atoms with E-state index in [2.05, 4.69) is 78.8 Å². The molecule has 0 atom stereocenters. The highest BCUT2D eigenvalue weighted by atomic mass is 15.2. The third-order valence-corrected chi connectivity index (χ3v) is 9.96. The first-order chi connectivity index (χ1) is 22.5. The molecule has 0 aliphatic carbocycles. The second-order valence-corrected chi connectivity index (χ2v) is 14.0. The molecule has 3 rings (SSSR count). The Balaban J connectivity index is 2.17. The van der Waals surface area contributed by atoms with Crippen molar-refractivity contribution in [2.45, 2.75) is 183 Å². The van der Waals surface area contributed by atoms with Crippen molar-refractivity contribution in [1.82, 2.24) is 0 Å². The van der Waals surface area contributed by atoms with E-state index in [-0.39, 0.29) is 0 Å². The number of hydrogen-bond acceptors (Lipinski definition) is 0. The summed E-state index contributed by atoms with van der Waals surface area (Å²) < 4.78 is 1.59. The van der Waals surface area contributed by atoms with Gasteiger partial charge in [0.25, 0.3) is 0 Å². The Morgan fingerprint density at radius 1 is 0.435 bits per heavy atom. The molecule has 0 N–H and O–H groups in total. The number of nitrogens with zero attached hydrogens (tertiary/aromatic N) is 2. The highest BCUT2D eigenvalue weighted by molar-refractivity contribution is 5.79. The Morgan fingerprint density at radius 2 is 0.870 bits per heavy atom. The molecule has 0 fully saturated rings. The molecule has 2 aromatic carbocycles. The lowest BCUT2D eigenvalue weighted by molar-refractivity contribution is -0.344. The summed E-state index contributed by atoms with van der Waals surface area (Å²) in [5.74, 6) is 0. The fraction of sp³-hybridized carbons (Fsp3) is 0.636. The second-order valence-electron chi connectivity index (χ2n) is 14.0. The Hall–Kier alpha value is -2.48. The number of benzene rings is 2. The molecule has 0 aromatic heterocycles. The van der Waals surface area contributed by atoms with Gasteiger partial charge in [0.05, 0.1) is 0 Å². The van der Waals surface area contributed by atoms with Gasteiger partial charge >= 0.3 is 0 Å². The van der Waals surface area contributed by atoms with E-state index in [9.17, 15) is 5.53 Å². The monoisotopic (exact) mass is 625 g/mol. The van der Waals surface area contributed by atoms with E-state index >= 15 is 0 Å². The van der Waals surface area contributed by atoms with E-state index in [0.29, 0.717) is 0 Å². The standard InChI is InChI=1S/C44H68N2/c1-8-15-19-26-36-31-40(32-37(27-20-16-9-2)42(36)28-21-17-10-3)44-38(25-18-11-4)33-43(46(44)45)39-29-34(22-12-5)41(24-14-7)35(30-39)23-13-6/h29-33H,8-28H2,1-7H3. The minimum absolute atomic E-state index is 0.964. The Kier molecular flexibility index (Phi) is 17.1. The number of allylic oxidation sites excluding steroid dienone is 2. The van der Waals surface area contributed by atoms with Crippen LogP contribution in [-0.4, -0.2) is 4.70 Å². The first kappa shape index (κ1) is 38.0. The molecule has 2 aromatic rings. The summed E-state index contributed by atoms with van der Waals surface area (Å²) in [5.41, 5.74) is 27.1. The van der Waals surface area contributed by atoms with Crippen LogP contribution >= 0.6 is 0 Å². The molecule has 0 unspecified atom stereocenters. The van der Waals surface area contributed by atoms with Gasteiger partial charge < -0.3 is 5.53 Å². The number of hydrogen-bond donors (Lipinski definition) is 0. The van der Waals surface area contributed by atoms with Gasteiger partial charge in [0.15, 0.2) is 0 Å². The Morgan fingerprint density at radius 3 is 1.35 bits per heavy atom. The van der Waals surface area contributed by atoms with Crippen molar-refractivity contribution in [1.29, 1.82) is 0 Å². The molecule has 0 radical (unpaired) electrons. The zero-order valence-corrected chi connectivity index (χ0v) is 31.1. The van der Waals surface area contributed by atoms with Crippen LogP contribution in [0.1, 0.15) is 189 Å². The SMILES string of the molecule is CCCCCc1cc(C2=C(CCCC)C=C(c3cc(CCC)c(CCC)c(CCC)c3)[N+]2=[N-])cc(CCCCC)c1CCCCC. The molecule has 0 spiro atoms. The van der Waals surface area contributed by atoms with E-state index in [0.717, 1.165) is 75.6 Å². The van der Waals surface area contributed by atoms with Crippen LogP contribution < -0.4 is 0 Å². The lowest BCUT2D eigenvalue weighted by Crippen LogP contribution is -2.09. The van der Waals surface area contributed by atoms with Crippen LogP contribution in [0.2, 0.25) is 0 Å². The molecular formula is C44H68N2. The summed E-state index contributed by atoms with van der Waals surface area (Å²) in [7, 11) is 0. The largest absolute Gasteiger partial charge is 0.493 e. The minimum atomic E-state index is 0.964. The summed E-state index contributed by atoms with van der Waals surface area (Å²) >= 11 is 0.